The van der Waals surface area contributed by atoms with E-state index in [1.807, 2.05) is 37.7 Å². The van der Waals surface area contributed by atoms with Crippen molar-refractivity contribution in [3.63, 3.8) is 0 Å². The van der Waals surface area contributed by atoms with Crippen molar-refractivity contribution in [2.24, 2.45) is 0 Å². The Bertz CT molecular complexity index is 1120. The summed E-state index contributed by atoms with van der Waals surface area (Å²) in [6.07, 6.45) is 4.18. The number of aromatic nitrogens is 4. The Morgan fingerprint density at radius 2 is 1.84 bits per heavy atom. The van der Waals surface area contributed by atoms with Gasteiger partial charge in [-0.3, -0.25) is 4.79 Å². The molecule has 1 aliphatic heterocycles. The SMILES string of the molecule is Cc1ncc(C(=O)N2CC[C@H](c3nc(N(C)C)ncc3-c3ccc(F)cc3)C2)c(C)n1. The van der Waals surface area contributed by atoms with Crippen molar-refractivity contribution < 1.29 is 9.18 Å². The highest BCUT2D eigenvalue weighted by molar-refractivity contribution is 5.95. The van der Waals surface area contributed by atoms with Crippen molar-refractivity contribution in [2.45, 2.75) is 26.2 Å². The summed E-state index contributed by atoms with van der Waals surface area (Å²) in [5, 5.41) is 0. The minimum absolute atomic E-state index is 0.0531. The summed E-state index contributed by atoms with van der Waals surface area (Å²) in [6.45, 7) is 4.81. The Morgan fingerprint density at radius 1 is 1.10 bits per heavy atom. The molecule has 4 rings (SSSR count). The molecule has 160 valence electrons. The lowest BCUT2D eigenvalue weighted by Gasteiger charge is -2.20. The first-order chi connectivity index (χ1) is 14.8. The zero-order valence-corrected chi connectivity index (χ0v) is 18.1. The molecule has 0 unspecified atom stereocenters. The second-order valence-electron chi connectivity index (χ2n) is 8.02. The number of aryl methyl sites for hydroxylation is 2. The zero-order chi connectivity index (χ0) is 22.1. The third kappa shape index (κ3) is 4.23. The van der Waals surface area contributed by atoms with Crippen molar-refractivity contribution in [2.75, 3.05) is 32.1 Å². The maximum atomic E-state index is 13.4. The molecule has 1 fully saturated rings. The molecule has 0 radical (unpaired) electrons. The fourth-order valence-corrected chi connectivity index (χ4v) is 3.90. The van der Waals surface area contributed by atoms with Crippen molar-refractivity contribution in [1.29, 1.82) is 0 Å². The van der Waals surface area contributed by atoms with Gasteiger partial charge in [0.15, 0.2) is 0 Å². The van der Waals surface area contributed by atoms with E-state index in [0.717, 1.165) is 23.2 Å². The normalized spacial score (nSPS) is 15.9. The fraction of sp³-hybridized carbons (Fsp3) is 0.348. The van der Waals surface area contributed by atoms with Crippen LogP contribution in [0.2, 0.25) is 0 Å². The summed E-state index contributed by atoms with van der Waals surface area (Å²) in [4.78, 5) is 34.5. The summed E-state index contributed by atoms with van der Waals surface area (Å²) in [5.74, 6) is 0.954. The van der Waals surface area contributed by atoms with Gasteiger partial charge in [0.05, 0.1) is 17.0 Å². The Labute approximate surface area is 181 Å². The quantitative estimate of drug-likeness (QED) is 0.644. The van der Waals surface area contributed by atoms with E-state index in [9.17, 15) is 9.18 Å². The van der Waals surface area contributed by atoms with Crippen LogP contribution in [0, 0.1) is 19.7 Å². The van der Waals surface area contributed by atoms with Crippen molar-refractivity contribution >= 4 is 11.9 Å². The molecule has 0 bridgehead atoms. The van der Waals surface area contributed by atoms with Gasteiger partial charge in [0.2, 0.25) is 5.95 Å². The van der Waals surface area contributed by atoms with Crippen LogP contribution in [0.15, 0.2) is 36.7 Å². The zero-order valence-electron chi connectivity index (χ0n) is 18.1. The summed E-state index contributed by atoms with van der Waals surface area (Å²) >= 11 is 0. The van der Waals surface area contributed by atoms with Gasteiger partial charge in [-0.2, -0.15) is 0 Å². The highest BCUT2D eigenvalue weighted by Gasteiger charge is 2.32. The Hall–Kier alpha value is -3.42. The third-order valence-electron chi connectivity index (χ3n) is 5.55. The van der Waals surface area contributed by atoms with Gasteiger partial charge < -0.3 is 9.80 Å². The maximum Gasteiger partial charge on any atom is 0.257 e. The van der Waals surface area contributed by atoms with E-state index in [1.165, 1.54) is 12.1 Å². The van der Waals surface area contributed by atoms with Gasteiger partial charge in [0.1, 0.15) is 11.6 Å². The van der Waals surface area contributed by atoms with E-state index in [4.69, 9.17) is 4.98 Å². The first kappa shape index (κ1) is 20.8. The van der Waals surface area contributed by atoms with Crippen LogP contribution in [0.4, 0.5) is 10.3 Å². The van der Waals surface area contributed by atoms with E-state index >= 15 is 0 Å². The number of amides is 1. The molecule has 0 saturated carbocycles. The number of likely N-dealkylation sites (tertiary alicyclic amines) is 1. The molecule has 7 nitrogen and oxygen atoms in total. The minimum Gasteiger partial charge on any atom is -0.347 e. The lowest BCUT2D eigenvalue weighted by atomic mass is 9.96. The number of carbonyl (C=O) groups is 1. The predicted octanol–water partition coefficient (Wildman–Crippen LogP) is 3.39. The second kappa shape index (κ2) is 8.37. The predicted molar refractivity (Wildman–Crippen MR) is 117 cm³/mol. The van der Waals surface area contributed by atoms with E-state index < -0.39 is 0 Å². The largest absolute Gasteiger partial charge is 0.347 e. The van der Waals surface area contributed by atoms with E-state index in [-0.39, 0.29) is 17.6 Å². The number of hydrogen-bond donors (Lipinski definition) is 0. The molecule has 0 aliphatic carbocycles. The number of rotatable bonds is 4. The van der Waals surface area contributed by atoms with Crippen LogP contribution in [0.3, 0.4) is 0 Å². The number of carbonyl (C=O) groups excluding carboxylic acids is 1. The standard InChI is InChI=1S/C23H25FN6O/c1-14-19(11-25-15(2)27-14)22(31)30-10-9-17(13-30)21-20(12-26-23(28-21)29(3)4)16-5-7-18(24)8-6-16/h5-8,11-12,17H,9-10,13H2,1-4H3/t17-/m0/s1. The lowest BCUT2D eigenvalue weighted by molar-refractivity contribution is 0.0789. The molecular formula is C23H25FN6O. The molecular weight excluding hydrogens is 395 g/mol. The molecule has 3 heterocycles. The molecule has 31 heavy (non-hydrogen) atoms. The van der Waals surface area contributed by atoms with Gasteiger partial charge >= 0.3 is 0 Å². The van der Waals surface area contributed by atoms with Crippen LogP contribution in [-0.4, -0.2) is 57.9 Å². The molecule has 1 saturated heterocycles. The maximum absolute atomic E-state index is 13.4. The average Bonchev–Trinajstić information content (AvgIpc) is 3.24. The number of benzene rings is 1. The van der Waals surface area contributed by atoms with Gasteiger partial charge in [-0.25, -0.2) is 24.3 Å². The van der Waals surface area contributed by atoms with Gasteiger partial charge in [-0.15, -0.1) is 0 Å². The molecule has 3 aromatic rings. The first-order valence-corrected chi connectivity index (χ1v) is 10.2. The summed E-state index contributed by atoms with van der Waals surface area (Å²) in [6, 6.07) is 6.34. The van der Waals surface area contributed by atoms with Crippen LogP contribution >= 0.6 is 0 Å². The van der Waals surface area contributed by atoms with Crippen molar-refractivity contribution in [1.82, 2.24) is 24.8 Å². The summed E-state index contributed by atoms with van der Waals surface area (Å²) in [7, 11) is 3.78. The number of nitrogens with zero attached hydrogens (tertiary/aromatic N) is 6. The van der Waals surface area contributed by atoms with Crippen molar-refractivity contribution in [3.05, 3.63) is 65.3 Å². The van der Waals surface area contributed by atoms with E-state index in [1.54, 1.807) is 24.5 Å². The van der Waals surface area contributed by atoms with Gasteiger partial charge in [0, 0.05) is 51.1 Å². The monoisotopic (exact) mass is 420 g/mol. The highest BCUT2D eigenvalue weighted by atomic mass is 19.1. The topological polar surface area (TPSA) is 75.1 Å². The number of hydrogen-bond acceptors (Lipinski definition) is 6. The van der Waals surface area contributed by atoms with Crippen LogP contribution in [0.5, 0.6) is 0 Å². The average molecular weight is 420 g/mol. The third-order valence-corrected chi connectivity index (χ3v) is 5.55. The van der Waals surface area contributed by atoms with Gasteiger partial charge in [-0.05, 0) is 38.0 Å². The Morgan fingerprint density at radius 3 is 2.52 bits per heavy atom. The Balaban J connectivity index is 1.65. The Kier molecular flexibility index (Phi) is 5.63. The first-order valence-electron chi connectivity index (χ1n) is 10.2. The summed E-state index contributed by atoms with van der Waals surface area (Å²) in [5.41, 5.74) is 3.80. The van der Waals surface area contributed by atoms with E-state index in [0.29, 0.717) is 36.1 Å². The molecule has 1 atom stereocenters. The lowest BCUT2D eigenvalue weighted by Crippen LogP contribution is -2.29. The molecule has 2 aromatic heterocycles. The second-order valence-corrected chi connectivity index (χ2v) is 8.02. The van der Waals surface area contributed by atoms with Crippen LogP contribution in [0.1, 0.15) is 39.9 Å². The van der Waals surface area contributed by atoms with Crippen molar-refractivity contribution in [3.8, 4) is 11.1 Å². The van der Waals surface area contributed by atoms with Gasteiger partial charge in [-0.1, -0.05) is 12.1 Å². The molecule has 1 aromatic carbocycles. The molecule has 8 heteroatoms. The van der Waals surface area contributed by atoms with Gasteiger partial charge in [0.25, 0.3) is 5.91 Å². The molecule has 1 aliphatic rings. The summed E-state index contributed by atoms with van der Waals surface area (Å²) < 4.78 is 13.4. The fourth-order valence-electron chi connectivity index (χ4n) is 3.90. The minimum atomic E-state index is -0.288. The molecule has 1 amide bonds. The molecule has 0 N–H and O–H groups in total. The highest BCUT2D eigenvalue weighted by Crippen LogP contribution is 2.34. The number of halogens is 1. The van der Waals surface area contributed by atoms with Crippen LogP contribution < -0.4 is 4.90 Å². The van der Waals surface area contributed by atoms with Crippen LogP contribution in [0.25, 0.3) is 11.1 Å². The number of anilines is 1. The van der Waals surface area contributed by atoms with Crippen LogP contribution in [-0.2, 0) is 0 Å². The molecule has 0 spiro atoms. The smallest absolute Gasteiger partial charge is 0.257 e. The van der Waals surface area contributed by atoms with E-state index in [2.05, 4.69) is 15.0 Å².